The summed E-state index contributed by atoms with van der Waals surface area (Å²) >= 11 is 0. The Bertz CT molecular complexity index is 1320. The zero-order valence-electron chi connectivity index (χ0n) is 20.6. The van der Waals surface area contributed by atoms with E-state index in [4.69, 9.17) is 5.73 Å². The molecule has 0 bridgehead atoms. The first-order valence-corrected chi connectivity index (χ1v) is 13.3. The van der Waals surface area contributed by atoms with E-state index in [2.05, 4.69) is 29.7 Å². The number of thiol groups is 1. The fraction of sp³-hybridized carbons (Fsp3) is 0.478. The van der Waals surface area contributed by atoms with Crippen molar-refractivity contribution < 1.29 is 35.7 Å². The third-order valence-corrected chi connectivity index (χ3v) is 11.2. The van der Waals surface area contributed by atoms with E-state index in [0.29, 0.717) is 13.0 Å². The Labute approximate surface area is 216 Å². The molecule has 1 fully saturated rings. The van der Waals surface area contributed by atoms with Gasteiger partial charge in [0.15, 0.2) is 6.61 Å². The van der Waals surface area contributed by atoms with Gasteiger partial charge in [0, 0.05) is 17.8 Å². The van der Waals surface area contributed by atoms with Crippen LogP contribution in [-0.4, -0.2) is 61.4 Å². The van der Waals surface area contributed by atoms with Crippen LogP contribution in [-0.2, 0) is 15.7 Å². The molecule has 3 heterocycles. The van der Waals surface area contributed by atoms with Gasteiger partial charge in [-0.15, -0.1) is 0 Å². The summed E-state index contributed by atoms with van der Waals surface area (Å²) in [5, 5.41) is 2.00. The van der Waals surface area contributed by atoms with Gasteiger partial charge in [0.2, 0.25) is 5.88 Å². The number of rotatable bonds is 7. The number of carbonyl (C=O) groups excluding carboxylic acids is 1. The Balaban J connectivity index is 1.56. The van der Waals surface area contributed by atoms with Gasteiger partial charge in [-0.1, -0.05) is 0 Å². The minimum absolute atomic E-state index is 0.0949. The van der Waals surface area contributed by atoms with Crippen molar-refractivity contribution in [3.8, 4) is 5.88 Å². The number of anilines is 1. The van der Waals surface area contributed by atoms with Gasteiger partial charge in [0.05, 0.1) is 22.4 Å². The first-order chi connectivity index (χ1) is 17.6. The van der Waals surface area contributed by atoms with Crippen molar-refractivity contribution in [2.24, 2.45) is 10.7 Å². The normalized spacial score (nSPS) is 24.9. The summed E-state index contributed by atoms with van der Waals surface area (Å²) in [5.74, 6) is -6.12. The van der Waals surface area contributed by atoms with Crippen molar-refractivity contribution in [3.63, 3.8) is 0 Å². The average Bonchev–Trinajstić information content (AvgIpc) is 3.28. The third-order valence-electron chi connectivity index (χ3n) is 7.02. The van der Waals surface area contributed by atoms with E-state index in [-0.39, 0.29) is 22.8 Å². The Kier molecular flexibility index (Phi) is 6.97. The van der Waals surface area contributed by atoms with Crippen LogP contribution >= 0.6 is 0 Å². The minimum Gasteiger partial charge on any atom is -0.470 e. The van der Waals surface area contributed by atoms with Gasteiger partial charge in [-0.2, -0.15) is 8.78 Å². The van der Waals surface area contributed by atoms with Crippen LogP contribution in [0.4, 0.5) is 27.6 Å². The molecule has 1 aromatic carbocycles. The number of nitrogens with one attached hydrogen (secondary N) is 2. The third kappa shape index (κ3) is 4.61. The lowest BCUT2D eigenvalue weighted by atomic mass is 9.86. The summed E-state index contributed by atoms with van der Waals surface area (Å²) in [7, 11) is -3.14. The van der Waals surface area contributed by atoms with Gasteiger partial charge in [-0.3, -0.25) is 18.7 Å². The standard InChI is InChI=1S/C23H27F5N6O3S/c1-21(2)20(29)34-22(3,16-6-7-32-38(16,21)36)13-8-12(4-5-14(13)24)33-18(35)15-9-31-17(10-30-15)37-11-23(27,28)19(25)26/h4-5,8-10,16,19,38H,6-7,11H2,1-3H3,(H2,29,34)(H,32,36)(H,33,35)/t16-,22+/m0/s1. The van der Waals surface area contributed by atoms with Crippen LogP contribution in [0.15, 0.2) is 35.6 Å². The molecule has 208 valence electrons. The zero-order valence-corrected chi connectivity index (χ0v) is 21.5. The van der Waals surface area contributed by atoms with Crippen LogP contribution < -0.4 is 20.5 Å². The summed E-state index contributed by atoms with van der Waals surface area (Å²) in [4.78, 5) is 24.7. The number of hydrogen-bond acceptors (Lipinski definition) is 7. The fourth-order valence-corrected chi connectivity index (χ4v) is 8.32. The number of fused-ring (bicyclic) bond motifs is 1. The number of nitrogens with zero attached hydrogens (tertiary/aromatic N) is 3. The van der Waals surface area contributed by atoms with E-state index in [0.717, 1.165) is 18.5 Å². The van der Waals surface area contributed by atoms with Crippen molar-refractivity contribution in [1.29, 1.82) is 0 Å². The van der Waals surface area contributed by atoms with Crippen LogP contribution in [0.3, 0.4) is 0 Å². The molecule has 0 unspecified atom stereocenters. The van der Waals surface area contributed by atoms with Gasteiger partial charge in [0.1, 0.15) is 22.9 Å². The number of halogens is 5. The second-order valence-corrected chi connectivity index (χ2v) is 13.2. The van der Waals surface area contributed by atoms with Crippen LogP contribution in [0.2, 0.25) is 0 Å². The molecule has 0 radical (unpaired) electrons. The molecule has 1 aromatic heterocycles. The molecule has 38 heavy (non-hydrogen) atoms. The monoisotopic (exact) mass is 562 g/mol. The van der Waals surface area contributed by atoms with Crippen LogP contribution in [0.5, 0.6) is 5.88 Å². The largest absolute Gasteiger partial charge is 0.470 e. The molecule has 4 rings (SSSR count). The lowest BCUT2D eigenvalue weighted by Gasteiger charge is -2.50. The van der Waals surface area contributed by atoms with Gasteiger partial charge in [-0.05, 0) is 55.5 Å². The second-order valence-electron chi connectivity index (χ2n) is 9.81. The molecule has 9 nitrogen and oxygen atoms in total. The summed E-state index contributed by atoms with van der Waals surface area (Å²) in [6, 6.07) is 3.83. The van der Waals surface area contributed by atoms with Crippen molar-refractivity contribution in [1.82, 2.24) is 14.7 Å². The first kappa shape index (κ1) is 27.8. The molecule has 2 atom stereocenters. The predicted molar refractivity (Wildman–Crippen MR) is 132 cm³/mol. The number of hydrogen-bond donors (Lipinski definition) is 4. The fourth-order valence-electron chi connectivity index (χ4n) is 4.68. The van der Waals surface area contributed by atoms with Gasteiger partial charge in [-0.25, -0.2) is 23.1 Å². The number of ether oxygens (including phenoxy) is 1. The minimum atomic E-state index is -4.38. The van der Waals surface area contributed by atoms with Gasteiger partial charge < -0.3 is 15.8 Å². The predicted octanol–water partition coefficient (Wildman–Crippen LogP) is 2.81. The molecule has 0 aliphatic carbocycles. The summed E-state index contributed by atoms with van der Waals surface area (Å²) in [5.41, 5.74) is 4.97. The molecule has 1 saturated heterocycles. The smallest absolute Gasteiger partial charge is 0.340 e. The highest BCUT2D eigenvalue weighted by molar-refractivity contribution is 8.04. The lowest BCUT2D eigenvalue weighted by molar-refractivity contribution is -0.148. The quantitative estimate of drug-likeness (QED) is 0.303. The summed E-state index contributed by atoms with van der Waals surface area (Å²) in [6.45, 7) is 3.99. The number of alkyl halides is 4. The van der Waals surface area contributed by atoms with Crippen molar-refractivity contribution >= 4 is 27.5 Å². The molecule has 0 spiro atoms. The molecule has 2 aliphatic rings. The number of benzene rings is 1. The van der Waals surface area contributed by atoms with Gasteiger partial charge in [0.25, 0.3) is 5.91 Å². The molecule has 4 N–H and O–H groups in total. The zero-order chi connectivity index (χ0) is 28.1. The van der Waals surface area contributed by atoms with Crippen LogP contribution in [0.25, 0.3) is 0 Å². The molecular weight excluding hydrogens is 535 g/mol. The van der Waals surface area contributed by atoms with Gasteiger partial charge >= 0.3 is 12.3 Å². The van der Waals surface area contributed by atoms with Crippen molar-refractivity contribution in [2.75, 3.05) is 18.5 Å². The lowest BCUT2D eigenvalue weighted by Crippen LogP contribution is -2.64. The Morgan fingerprint density at radius 3 is 2.63 bits per heavy atom. The maximum absolute atomic E-state index is 15.1. The van der Waals surface area contributed by atoms with Crippen molar-refractivity contribution in [3.05, 3.63) is 47.7 Å². The maximum Gasteiger partial charge on any atom is 0.340 e. The summed E-state index contributed by atoms with van der Waals surface area (Å²) < 4.78 is 86.4. The Hall–Kier alpha value is -3.20. The molecule has 1 amide bonds. The molecule has 2 aromatic rings. The number of carbonyl (C=O) groups is 1. The molecular formula is C23H27F5N6O3S. The Morgan fingerprint density at radius 1 is 1.29 bits per heavy atom. The highest BCUT2D eigenvalue weighted by atomic mass is 32.3. The number of aliphatic imine (C=N–C) groups is 1. The number of amides is 1. The van der Waals surface area contributed by atoms with Crippen LogP contribution in [0.1, 0.15) is 43.2 Å². The van der Waals surface area contributed by atoms with E-state index in [1.54, 1.807) is 20.8 Å². The highest BCUT2D eigenvalue weighted by Crippen LogP contribution is 2.49. The molecule has 0 saturated carbocycles. The number of aromatic nitrogens is 2. The first-order valence-electron chi connectivity index (χ1n) is 11.5. The number of amidine groups is 1. The van der Waals surface area contributed by atoms with E-state index in [1.165, 1.54) is 12.1 Å². The molecule has 2 aliphatic heterocycles. The molecule has 15 heteroatoms. The Morgan fingerprint density at radius 2 is 2.00 bits per heavy atom. The van der Waals surface area contributed by atoms with E-state index < -0.39 is 62.2 Å². The van der Waals surface area contributed by atoms with Crippen LogP contribution in [0, 0.1) is 5.82 Å². The van der Waals surface area contributed by atoms with E-state index >= 15 is 4.39 Å². The second kappa shape index (κ2) is 9.52. The summed E-state index contributed by atoms with van der Waals surface area (Å²) in [6.07, 6.45) is -1.69. The number of nitrogens with two attached hydrogens (primary N) is 1. The van der Waals surface area contributed by atoms with E-state index in [9.17, 15) is 26.6 Å². The topological polar surface area (TPSA) is 132 Å². The maximum atomic E-state index is 15.1. The average molecular weight is 563 g/mol. The van der Waals surface area contributed by atoms with Crippen molar-refractivity contribution in [2.45, 2.75) is 55.1 Å². The highest BCUT2D eigenvalue weighted by Gasteiger charge is 2.58. The van der Waals surface area contributed by atoms with E-state index in [1.807, 2.05) is 0 Å². The SMILES string of the molecule is CC1(C)C(N)=N[C@](C)(c2cc(NC(=O)c3cnc(OCC(F)(F)C(F)F)cn3)ccc2F)[C@@H]2CCN[SH]21=O.